The first-order valence-corrected chi connectivity index (χ1v) is 8.70. The van der Waals surface area contributed by atoms with Crippen molar-refractivity contribution in [3.63, 3.8) is 0 Å². The molecule has 1 nitrogen and oxygen atoms in total. The van der Waals surface area contributed by atoms with E-state index in [0.29, 0.717) is 15.6 Å². The maximum absolute atomic E-state index is 13.5. The molecule has 1 aliphatic heterocycles. The molecule has 2 aromatic rings. The fourth-order valence-electron chi connectivity index (χ4n) is 3.92. The number of para-hydroxylation sites is 1. The molecule has 1 N–H and O–H groups in total. The lowest BCUT2D eigenvalue weighted by Crippen LogP contribution is -2.31. The van der Waals surface area contributed by atoms with E-state index in [0.717, 1.165) is 18.1 Å². The number of halogens is 5. The number of hydrogen-bond donors (Lipinski definition) is 1. The quantitative estimate of drug-likeness (QED) is 0.531. The first-order valence-electron chi connectivity index (χ1n) is 7.94. The molecule has 0 fully saturated rings. The topological polar surface area (TPSA) is 12.0 Å². The van der Waals surface area contributed by atoms with Gasteiger partial charge < -0.3 is 5.32 Å². The molecule has 1 heterocycles. The van der Waals surface area contributed by atoms with Crippen molar-refractivity contribution in [2.24, 2.45) is 5.92 Å². The van der Waals surface area contributed by atoms with E-state index in [1.54, 1.807) is 24.3 Å². The van der Waals surface area contributed by atoms with E-state index in [1.165, 1.54) is 6.07 Å². The maximum Gasteiger partial charge on any atom is 0.418 e. The molecule has 4 rings (SSSR count). The second kappa shape index (κ2) is 5.96. The van der Waals surface area contributed by atoms with Gasteiger partial charge in [0.2, 0.25) is 0 Å². The van der Waals surface area contributed by atoms with Crippen molar-refractivity contribution in [2.45, 2.75) is 24.6 Å². The predicted molar refractivity (Wildman–Crippen MR) is 94.3 cm³/mol. The molecule has 2 aromatic carbocycles. The molecule has 0 radical (unpaired) electrons. The number of anilines is 1. The van der Waals surface area contributed by atoms with E-state index in [1.807, 2.05) is 12.2 Å². The summed E-state index contributed by atoms with van der Waals surface area (Å²) in [6.45, 7) is 0. The van der Waals surface area contributed by atoms with Crippen LogP contribution in [-0.2, 0) is 6.18 Å². The summed E-state index contributed by atoms with van der Waals surface area (Å²) in [4.78, 5) is 0. The summed E-state index contributed by atoms with van der Waals surface area (Å²) in [5.74, 6) is 0.0601. The number of allylic oxidation sites excluding steroid dienone is 2. The Balaban J connectivity index is 1.86. The van der Waals surface area contributed by atoms with Crippen LogP contribution in [0.2, 0.25) is 10.0 Å². The second-order valence-corrected chi connectivity index (χ2v) is 7.25. The highest BCUT2D eigenvalue weighted by Crippen LogP contribution is 2.53. The van der Waals surface area contributed by atoms with Crippen molar-refractivity contribution in [1.82, 2.24) is 0 Å². The van der Waals surface area contributed by atoms with Gasteiger partial charge in [-0.15, -0.1) is 0 Å². The van der Waals surface area contributed by atoms with Crippen LogP contribution in [0.25, 0.3) is 0 Å². The zero-order valence-corrected chi connectivity index (χ0v) is 14.5. The monoisotopic (exact) mass is 383 g/mol. The Morgan fingerprint density at radius 3 is 2.56 bits per heavy atom. The van der Waals surface area contributed by atoms with Gasteiger partial charge in [-0.1, -0.05) is 53.6 Å². The molecule has 3 atom stereocenters. The lowest BCUT2D eigenvalue weighted by molar-refractivity contribution is -0.137. The Kier molecular flexibility index (Phi) is 4.00. The highest BCUT2D eigenvalue weighted by molar-refractivity contribution is 6.35. The molecule has 0 saturated carbocycles. The van der Waals surface area contributed by atoms with Crippen LogP contribution in [0.15, 0.2) is 48.6 Å². The third-order valence-electron chi connectivity index (χ3n) is 5.00. The third kappa shape index (κ3) is 2.81. The number of hydrogen-bond acceptors (Lipinski definition) is 1. The highest BCUT2D eigenvalue weighted by Gasteiger charge is 2.43. The van der Waals surface area contributed by atoms with Gasteiger partial charge in [0, 0.05) is 16.0 Å². The first kappa shape index (κ1) is 16.8. The lowest BCUT2D eigenvalue weighted by atomic mass is 9.76. The van der Waals surface area contributed by atoms with Crippen molar-refractivity contribution in [3.8, 4) is 0 Å². The minimum atomic E-state index is -4.41. The number of nitrogens with one attached hydrogen (secondary N) is 1. The molecular formula is C19H14Cl2F3N. The molecule has 0 bridgehead atoms. The molecule has 1 aliphatic carbocycles. The van der Waals surface area contributed by atoms with Gasteiger partial charge in [-0.25, -0.2) is 0 Å². The van der Waals surface area contributed by atoms with Gasteiger partial charge in [-0.05, 0) is 41.7 Å². The van der Waals surface area contributed by atoms with E-state index >= 15 is 0 Å². The van der Waals surface area contributed by atoms with Crippen molar-refractivity contribution in [1.29, 1.82) is 0 Å². The Morgan fingerprint density at radius 1 is 1.04 bits per heavy atom. The molecule has 0 amide bonds. The summed E-state index contributed by atoms with van der Waals surface area (Å²) < 4.78 is 40.4. The molecule has 0 unspecified atom stereocenters. The zero-order chi connectivity index (χ0) is 17.8. The SMILES string of the molecule is FC(F)(F)c1cccc2c1N[C@@H](c1ccc(Cl)cc1Cl)[C@H]1CC=C[C@@H]21. The summed E-state index contributed by atoms with van der Waals surface area (Å²) >= 11 is 12.3. The summed E-state index contributed by atoms with van der Waals surface area (Å²) in [6.07, 6.45) is 0.406. The average molecular weight is 384 g/mol. The largest absolute Gasteiger partial charge is 0.418 e. The van der Waals surface area contributed by atoms with E-state index in [4.69, 9.17) is 23.2 Å². The zero-order valence-electron chi connectivity index (χ0n) is 12.9. The molecule has 0 spiro atoms. The van der Waals surface area contributed by atoms with Crippen LogP contribution in [0.1, 0.15) is 35.1 Å². The van der Waals surface area contributed by atoms with Crippen molar-refractivity contribution in [2.75, 3.05) is 5.32 Å². The van der Waals surface area contributed by atoms with E-state index < -0.39 is 11.7 Å². The molecular weight excluding hydrogens is 370 g/mol. The number of rotatable bonds is 1. The average Bonchev–Trinajstić information content (AvgIpc) is 3.03. The Morgan fingerprint density at radius 2 is 1.84 bits per heavy atom. The molecule has 0 aromatic heterocycles. The van der Waals surface area contributed by atoms with Crippen LogP contribution in [0.4, 0.5) is 18.9 Å². The normalized spacial score (nSPS) is 24.6. The Hall–Kier alpha value is -1.65. The summed E-state index contributed by atoms with van der Waals surface area (Å²) in [7, 11) is 0. The predicted octanol–water partition coefficient (Wildman–Crippen LogP) is 6.84. The van der Waals surface area contributed by atoms with Crippen LogP contribution in [0, 0.1) is 5.92 Å². The van der Waals surface area contributed by atoms with Gasteiger partial charge in [0.15, 0.2) is 0 Å². The smallest absolute Gasteiger partial charge is 0.377 e. The molecule has 6 heteroatoms. The van der Waals surface area contributed by atoms with Gasteiger partial charge in [-0.2, -0.15) is 13.2 Å². The maximum atomic E-state index is 13.5. The van der Waals surface area contributed by atoms with Gasteiger partial charge in [0.1, 0.15) is 0 Å². The summed E-state index contributed by atoms with van der Waals surface area (Å²) in [5, 5.41) is 4.10. The number of fused-ring (bicyclic) bond motifs is 3. The van der Waals surface area contributed by atoms with Crippen LogP contribution >= 0.6 is 23.2 Å². The van der Waals surface area contributed by atoms with Gasteiger partial charge in [0.05, 0.1) is 17.3 Å². The van der Waals surface area contributed by atoms with Crippen molar-refractivity contribution >= 4 is 28.9 Å². The Bertz CT molecular complexity index is 860. The van der Waals surface area contributed by atoms with Crippen LogP contribution in [-0.4, -0.2) is 0 Å². The van der Waals surface area contributed by atoms with E-state index in [-0.39, 0.29) is 23.6 Å². The van der Waals surface area contributed by atoms with Crippen molar-refractivity contribution in [3.05, 3.63) is 75.3 Å². The first-order chi connectivity index (χ1) is 11.9. The fourth-order valence-corrected chi connectivity index (χ4v) is 4.45. The Labute approximate surface area is 153 Å². The molecule has 0 saturated heterocycles. The van der Waals surface area contributed by atoms with Gasteiger partial charge in [0.25, 0.3) is 0 Å². The van der Waals surface area contributed by atoms with Gasteiger partial charge >= 0.3 is 6.18 Å². The lowest BCUT2D eigenvalue weighted by Gasteiger charge is -2.39. The van der Waals surface area contributed by atoms with E-state index in [2.05, 4.69) is 5.32 Å². The second-order valence-electron chi connectivity index (χ2n) is 6.41. The molecule has 25 heavy (non-hydrogen) atoms. The van der Waals surface area contributed by atoms with Crippen molar-refractivity contribution < 1.29 is 13.2 Å². The van der Waals surface area contributed by atoms with Crippen LogP contribution in [0.5, 0.6) is 0 Å². The van der Waals surface area contributed by atoms with Gasteiger partial charge in [-0.3, -0.25) is 0 Å². The minimum absolute atomic E-state index is 0.0599. The highest BCUT2D eigenvalue weighted by atomic mass is 35.5. The third-order valence-corrected chi connectivity index (χ3v) is 5.56. The summed E-state index contributed by atoms with van der Waals surface area (Å²) in [5.41, 5.74) is 0.972. The van der Waals surface area contributed by atoms with Crippen LogP contribution in [0.3, 0.4) is 0 Å². The fraction of sp³-hybridized carbons (Fsp3) is 0.263. The minimum Gasteiger partial charge on any atom is -0.377 e. The van der Waals surface area contributed by atoms with E-state index in [9.17, 15) is 13.2 Å². The van der Waals surface area contributed by atoms with Crippen LogP contribution < -0.4 is 5.32 Å². The number of alkyl halides is 3. The molecule has 2 aliphatic rings. The standard InChI is InChI=1S/C19H14Cl2F3N/c20-10-7-8-14(16(21)9-10)17-12-4-1-3-11(12)13-5-2-6-15(18(13)25-17)19(22,23)24/h1-3,5-9,11-12,17,25H,4H2/t11-,12+,17-/m1/s1. The summed E-state index contributed by atoms with van der Waals surface area (Å²) in [6, 6.07) is 9.19. The molecule has 130 valence electrons. The number of benzene rings is 2.